The molecule has 2 amide bonds. The van der Waals surface area contributed by atoms with Gasteiger partial charge in [0.1, 0.15) is 5.75 Å². The van der Waals surface area contributed by atoms with Crippen LogP contribution in [0, 0.1) is 0 Å². The highest BCUT2D eigenvalue weighted by molar-refractivity contribution is 5.85. The molecule has 0 atom stereocenters. The highest BCUT2D eigenvalue weighted by atomic mass is 16.5. The van der Waals surface area contributed by atoms with Crippen LogP contribution in [0.3, 0.4) is 0 Å². The molecule has 1 heterocycles. The molecule has 0 aliphatic rings. The first-order valence-electron chi connectivity index (χ1n) is 10.6. The van der Waals surface area contributed by atoms with Gasteiger partial charge in [0.15, 0.2) is 0 Å². The van der Waals surface area contributed by atoms with Crippen molar-refractivity contribution < 1.29 is 14.3 Å². The summed E-state index contributed by atoms with van der Waals surface area (Å²) in [5.41, 5.74) is 3.29. The number of aromatic amines is 1. The van der Waals surface area contributed by atoms with Gasteiger partial charge < -0.3 is 19.5 Å². The van der Waals surface area contributed by atoms with Crippen molar-refractivity contribution in [2.24, 2.45) is 0 Å². The van der Waals surface area contributed by atoms with Crippen LogP contribution >= 0.6 is 0 Å². The lowest BCUT2D eigenvalue weighted by molar-refractivity contribution is -0.141. The first-order valence-corrected chi connectivity index (χ1v) is 10.6. The molecule has 6 nitrogen and oxygen atoms in total. The third-order valence-electron chi connectivity index (χ3n) is 5.54. The Morgan fingerprint density at radius 2 is 1.77 bits per heavy atom. The molecule has 0 saturated heterocycles. The number of para-hydroxylation sites is 1. The van der Waals surface area contributed by atoms with Crippen LogP contribution in [-0.4, -0.2) is 52.8 Å². The van der Waals surface area contributed by atoms with Crippen molar-refractivity contribution in [1.82, 2.24) is 14.8 Å². The van der Waals surface area contributed by atoms with E-state index in [1.54, 1.807) is 12.0 Å². The number of nitrogens with one attached hydrogen (secondary N) is 1. The highest BCUT2D eigenvalue weighted by Gasteiger charge is 2.21. The van der Waals surface area contributed by atoms with Crippen molar-refractivity contribution in [3.05, 3.63) is 65.9 Å². The molecular formula is C25H31N3O3. The maximum absolute atomic E-state index is 13.2. The Balaban J connectivity index is 1.78. The molecule has 0 spiro atoms. The molecule has 0 aliphatic heterocycles. The third kappa shape index (κ3) is 5.66. The Labute approximate surface area is 183 Å². The smallest absolute Gasteiger partial charge is 0.242 e. The fraction of sp³-hybridized carbons (Fsp3) is 0.360. The maximum atomic E-state index is 13.2. The SMILES string of the molecule is COc1ccc(CN(CCc2c[nH]c3ccccc23)C(=O)CN(C(C)=O)C(C)C)cc1. The minimum atomic E-state index is -0.0932. The second-order valence-electron chi connectivity index (χ2n) is 8.01. The van der Waals surface area contributed by atoms with E-state index in [0.717, 1.165) is 23.3 Å². The van der Waals surface area contributed by atoms with Gasteiger partial charge in [-0.1, -0.05) is 30.3 Å². The number of hydrogen-bond donors (Lipinski definition) is 1. The van der Waals surface area contributed by atoms with Gasteiger partial charge in [-0.05, 0) is 49.6 Å². The first-order chi connectivity index (χ1) is 14.9. The van der Waals surface area contributed by atoms with Crippen molar-refractivity contribution in [2.45, 2.75) is 39.8 Å². The Morgan fingerprint density at radius 3 is 2.42 bits per heavy atom. The van der Waals surface area contributed by atoms with Gasteiger partial charge in [-0.3, -0.25) is 9.59 Å². The van der Waals surface area contributed by atoms with Crippen LogP contribution in [0.1, 0.15) is 31.9 Å². The number of amides is 2. The standard InChI is InChI=1S/C25H31N3O3/c1-18(2)28(19(3)29)17-25(30)27(16-20-9-11-22(31-4)12-10-20)14-13-21-15-26-24-8-6-5-7-23(21)24/h5-12,15,18,26H,13-14,16-17H2,1-4H3. The van der Waals surface area contributed by atoms with Gasteiger partial charge in [-0.2, -0.15) is 0 Å². The van der Waals surface area contributed by atoms with E-state index in [9.17, 15) is 9.59 Å². The molecule has 0 saturated carbocycles. The summed E-state index contributed by atoms with van der Waals surface area (Å²) in [6.07, 6.45) is 2.74. The first kappa shape index (κ1) is 22.4. The van der Waals surface area contributed by atoms with Crippen LogP contribution in [0.15, 0.2) is 54.7 Å². The topological polar surface area (TPSA) is 65.6 Å². The van der Waals surface area contributed by atoms with Crippen LogP contribution in [0.4, 0.5) is 0 Å². The summed E-state index contributed by atoms with van der Waals surface area (Å²) in [6, 6.07) is 15.9. The van der Waals surface area contributed by atoms with Crippen LogP contribution < -0.4 is 4.74 Å². The Hall–Kier alpha value is -3.28. The van der Waals surface area contributed by atoms with Gasteiger partial charge in [0.25, 0.3) is 0 Å². The molecule has 0 aliphatic carbocycles. The molecule has 0 unspecified atom stereocenters. The van der Waals surface area contributed by atoms with Gasteiger partial charge in [0.05, 0.1) is 13.7 Å². The van der Waals surface area contributed by atoms with E-state index in [1.165, 1.54) is 17.9 Å². The van der Waals surface area contributed by atoms with Crippen molar-refractivity contribution in [1.29, 1.82) is 0 Å². The summed E-state index contributed by atoms with van der Waals surface area (Å²) in [7, 11) is 1.63. The van der Waals surface area contributed by atoms with Gasteiger partial charge in [0, 0.05) is 43.2 Å². The Kier molecular flexibility index (Phi) is 7.34. The molecular weight excluding hydrogens is 390 g/mol. The lowest BCUT2D eigenvalue weighted by atomic mass is 10.1. The maximum Gasteiger partial charge on any atom is 0.242 e. The van der Waals surface area contributed by atoms with E-state index in [4.69, 9.17) is 4.74 Å². The number of ether oxygens (including phenoxy) is 1. The largest absolute Gasteiger partial charge is 0.497 e. The minimum absolute atomic E-state index is 0.0297. The number of carbonyl (C=O) groups excluding carboxylic acids is 2. The number of fused-ring (bicyclic) bond motifs is 1. The second kappa shape index (κ2) is 10.2. The quantitative estimate of drug-likeness (QED) is 0.568. The molecule has 2 aromatic carbocycles. The number of rotatable bonds is 9. The van der Waals surface area contributed by atoms with Crippen molar-refractivity contribution in [2.75, 3.05) is 20.2 Å². The Bertz CT molecular complexity index is 1020. The zero-order chi connectivity index (χ0) is 22.4. The molecule has 1 aromatic heterocycles. The number of hydrogen-bond acceptors (Lipinski definition) is 3. The predicted octanol–water partition coefficient (Wildman–Crippen LogP) is 4.00. The summed E-state index contributed by atoms with van der Waals surface area (Å²) >= 11 is 0. The van der Waals surface area contributed by atoms with Crippen molar-refractivity contribution in [3.8, 4) is 5.75 Å². The van der Waals surface area contributed by atoms with Crippen LogP contribution in [-0.2, 0) is 22.6 Å². The van der Waals surface area contributed by atoms with Crippen molar-refractivity contribution in [3.63, 3.8) is 0 Å². The summed E-state index contributed by atoms with van der Waals surface area (Å²) in [5.74, 6) is 0.631. The molecule has 0 fully saturated rings. The minimum Gasteiger partial charge on any atom is -0.497 e. The van der Waals surface area contributed by atoms with E-state index in [-0.39, 0.29) is 24.4 Å². The second-order valence-corrected chi connectivity index (χ2v) is 8.01. The Morgan fingerprint density at radius 1 is 1.06 bits per heavy atom. The molecule has 164 valence electrons. The van der Waals surface area contributed by atoms with E-state index in [1.807, 2.05) is 67.4 Å². The van der Waals surface area contributed by atoms with E-state index < -0.39 is 0 Å². The number of H-pyrrole nitrogens is 1. The van der Waals surface area contributed by atoms with E-state index >= 15 is 0 Å². The fourth-order valence-electron chi connectivity index (χ4n) is 3.74. The lowest BCUT2D eigenvalue weighted by Crippen LogP contribution is -2.45. The molecule has 0 bridgehead atoms. The number of benzene rings is 2. The normalized spacial score (nSPS) is 11.0. The summed E-state index contributed by atoms with van der Waals surface area (Å²) in [4.78, 5) is 31.9. The lowest BCUT2D eigenvalue weighted by Gasteiger charge is -2.29. The average molecular weight is 422 g/mol. The van der Waals surface area contributed by atoms with Gasteiger partial charge in [0.2, 0.25) is 11.8 Å². The van der Waals surface area contributed by atoms with Crippen LogP contribution in [0.2, 0.25) is 0 Å². The van der Waals surface area contributed by atoms with Gasteiger partial charge in [-0.25, -0.2) is 0 Å². The molecule has 31 heavy (non-hydrogen) atoms. The summed E-state index contributed by atoms with van der Waals surface area (Å²) in [5, 5.41) is 1.17. The fourth-order valence-corrected chi connectivity index (χ4v) is 3.74. The average Bonchev–Trinajstić information content (AvgIpc) is 3.18. The summed E-state index contributed by atoms with van der Waals surface area (Å²) in [6.45, 7) is 6.48. The van der Waals surface area contributed by atoms with Crippen LogP contribution in [0.5, 0.6) is 5.75 Å². The van der Waals surface area contributed by atoms with Crippen LogP contribution in [0.25, 0.3) is 10.9 Å². The van der Waals surface area contributed by atoms with E-state index in [0.29, 0.717) is 13.1 Å². The molecule has 6 heteroatoms. The number of methoxy groups -OCH3 is 1. The predicted molar refractivity (Wildman–Crippen MR) is 123 cm³/mol. The number of nitrogens with zero attached hydrogens (tertiary/aromatic N) is 2. The molecule has 0 radical (unpaired) electrons. The van der Waals surface area contributed by atoms with Crippen molar-refractivity contribution >= 4 is 22.7 Å². The molecule has 1 N–H and O–H groups in total. The van der Waals surface area contributed by atoms with E-state index in [2.05, 4.69) is 11.1 Å². The zero-order valence-corrected chi connectivity index (χ0v) is 18.7. The van der Waals surface area contributed by atoms with Gasteiger partial charge in [-0.15, -0.1) is 0 Å². The monoisotopic (exact) mass is 421 g/mol. The summed E-state index contributed by atoms with van der Waals surface area (Å²) < 4.78 is 5.24. The number of aromatic nitrogens is 1. The third-order valence-corrected chi connectivity index (χ3v) is 5.54. The highest BCUT2D eigenvalue weighted by Crippen LogP contribution is 2.19. The zero-order valence-electron chi connectivity index (χ0n) is 18.7. The molecule has 3 rings (SSSR count). The molecule has 3 aromatic rings. The number of carbonyl (C=O) groups is 2. The van der Waals surface area contributed by atoms with Gasteiger partial charge >= 0.3 is 0 Å².